The van der Waals surface area contributed by atoms with Crippen LogP contribution in [0.25, 0.3) is 0 Å². The van der Waals surface area contributed by atoms with Crippen LogP contribution < -0.4 is 0 Å². The molecule has 1 rings (SSSR count). The first kappa shape index (κ1) is 10.1. The van der Waals surface area contributed by atoms with Crippen LogP contribution in [-0.2, 0) is 4.74 Å². The van der Waals surface area contributed by atoms with Crippen molar-refractivity contribution in [2.24, 2.45) is 0 Å². The third-order valence-electron chi connectivity index (χ3n) is 1.45. The number of ether oxygens (including phenoxy) is 1. The molecule has 0 bridgehead atoms. The number of thiol groups is 1. The number of esters is 1. The highest BCUT2D eigenvalue weighted by Gasteiger charge is 2.11. The van der Waals surface area contributed by atoms with E-state index in [4.69, 9.17) is 0 Å². The summed E-state index contributed by atoms with van der Waals surface area (Å²) in [7, 11) is 0. The Balaban J connectivity index is 2.95. The second-order valence-electron chi connectivity index (χ2n) is 2.38. The summed E-state index contributed by atoms with van der Waals surface area (Å²) in [5, 5.41) is 0. The normalized spacial score (nSPS) is 9.77. The Morgan fingerprint density at radius 2 is 2.31 bits per heavy atom. The minimum Gasteiger partial charge on any atom is -0.462 e. The number of benzene rings is 1. The maximum Gasteiger partial charge on any atom is 0.341 e. The number of carbonyl (C=O) groups excluding carboxylic acids is 1. The Bertz CT molecular complexity index is 325. The van der Waals surface area contributed by atoms with E-state index < -0.39 is 11.8 Å². The lowest BCUT2D eigenvalue weighted by Crippen LogP contribution is -2.06. The average molecular weight is 200 g/mol. The summed E-state index contributed by atoms with van der Waals surface area (Å²) in [6, 6.07) is 4.07. The molecule has 0 radical (unpaired) electrons. The summed E-state index contributed by atoms with van der Waals surface area (Å²) in [6.07, 6.45) is 0. The van der Waals surface area contributed by atoms with Crippen molar-refractivity contribution in [3.05, 3.63) is 29.6 Å². The largest absolute Gasteiger partial charge is 0.462 e. The summed E-state index contributed by atoms with van der Waals surface area (Å²) < 4.78 is 17.7. The topological polar surface area (TPSA) is 26.3 Å². The fourth-order valence-electron chi connectivity index (χ4n) is 0.878. The monoisotopic (exact) mass is 200 g/mol. The van der Waals surface area contributed by atoms with Crippen LogP contribution in [0.3, 0.4) is 0 Å². The maximum absolute atomic E-state index is 13.1. The molecule has 1 aromatic rings. The van der Waals surface area contributed by atoms with E-state index in [0.29, 0.717) is 4.90 Å². The lowest BCUT2D eigenvalue weighted by atomic mass is 10.2. The van der Waals surface area contributed by atoms with Crippen molar-refractivity contribution in [1.29, 1.82) is 0 Å². The summed E-state index contributed by atoms with van der Waals surface area (Å²) in [5.41, 5.74) is -0.0559. The molecule has 0 aliphatic heterocycles. The van der Waals surface area contributed by atoms with Crippen LogP contribution in [0.15, 0.2) is 23.1 Å². The molecular weight excluding hydrogens is 191 g/mol. The van der Waals surface area contributed by atoms with Crippen LogP contribution in [0.5, 0.6) is 0 Å². The van der Waals surface area contributed by atoms with E-state index in [1.807, 2.05) is 0 Å². The van der Waals surface area contributed by atoms with Gasteiger partial charge in [0.05, 0.1) is 12.2 Å². The second-order valence-corrected chi connectivity index (χ2v) is 2.90. The number of rotatable bonds is 2. The molecular formula is C9H9FO2S. The first-order valence-electron chi connectivity index (χ1n) is 3.80. The van der Waals surface area contributed by atoms with E-state index >= 15 is 0 Å². The zero-order valence-corrected chi connectivity index (χ0v) is 7.98. The molecule has 4 heteroatoms. The lowest BCUT2D eigenvalue weighted by molar-refractivity contribution is 0.0521. The molecule has 2 nitrogen and oxygen atoms in total. The molecule has 0 spiro atoms. The van der Waals surface area contributed by atoms with Crippen LogP contribution in [-0.4, -0.2) is 12.6 Å². The average Bonchev–Trinajstić information content (AvgIpc) is 2.04. The van der Waals surface area contributed by atoms with Gasteiger partial charge in [-0.3, -0.25) is 0 Å². The molecule has 1 aromatic carbocycles. The molecule has 70 valence electrons. The van der Waals surface area contributed by atoms with E-state index in [0.717, 1.165) is 0 Å². The standard InChI is InChI=1S/C9H9FO2S/c1-2-12-9(11)7-4-3-6(13)5-8(7)10/h3-5,13H,2H2,1H3. The predicted octanol–water partition coefficient (Wildman–Crippen LogP) is 2.29. The van der Waals surface area contributed by atoms with Crippen LogP contribution in [0, 0.1) is 5.82 Å². The van der Waals surface area contributed by atoms with Gasteiger partial charge in [0.15, 0.2) is 0 Å². The minimum absolute atomic E-state index is 0.0559. The fourth-order valence-corrected chi connectivity index (χ4v) is 1.07. The van der Waals surface area contributed by atoms with E-state index in [1.165, 1.54) is 12.1 Å². The van der Waals surface area contributed by atoms with Gasteiger partial charge in [-0.25, -0.2) is 9.18 Å². The van der Waals surface area contributed by atoms with Gasteiger partial charge in [0.1, 0.15) is 5.82 Å². The van der Waals surface area contributed by atoms with E-state index in [9.17, 15) is 9.18 Å². The minimum atomic E-state index is -0.645. The van der Waals surface area contributed by atoms with Gasteiger partial charge in [-0.15, -0.1) is 12.6 Å². The lowest BCUT2D eigenvalue weighted by Gasteiger charge is -2.02. The van der Waals surface area contributed by atoms with Gasteiger partial charge in [0.2, 0.25) is 0 Å². The quantitative estimate of drug-likeness (QED) is 0.585. The van der Waals surface area contributed by atoms with E-state index in [2.05, 4.69) is 17.4 Å². The molecule has 0 unspecified atom stereocenters. The third kappa shape index (κ3) is 2.45. The Labute approximate surface area is 81.1 Å². The van der Waals surface area contributed by atoms with Crippen molar-refractivity contribution < 1.29 is 13.9 Å². The SMILES string of the molecule is CCOC(=O)c1ccc(S)cc1F. The van der Waals surface area contributed by atoms with Crippen molar-refractivity contribution in [3.8, 4) is 0 Å². The summed E-state index contributed by atoms with van der Waals surface area (Å²) in [4.78, 5) is 11.6. The first-order chi connectivity index (χ1) is 6.15. The highest BCUT2D eigenvalue weighted by Crippen LogP contribution is 2.13. The van der Waals surface area contributed by atoms with E-state index in [1.54, 1.807) is 13.0 Å². The number of hydrogen-bond acceptors (Lipinski definition) is 3. The zero-order valence-electron chi connectivity index (χ0n) is 7.08. The summed E-state index contributed by atoms with van der Waals surface area (Å²) in [5.74, 6) is -1.25. The van der Waals surface area contributed by atoms with Gasteiger partial charge < -0.3 is 4.74 Å². The van der Waals surface area contributed by atoms with Gasteiger partial charge in [0, 0.05) is 4.90 Å². The Hall–Kier alpha value is -1.03. The molecule has 0 atom stereocenters. The fraction of sp³-hybridized carbons (Fsp3) is 0.222. The van der Waals surface area contributed by atoms with Gasteiger partial charge >= 0.3 is 5.97 Å². The summed E-state index contributed by atoms with van der Waals surface area (Å²) in [6.45, 7) is 1.91. The van der Waals surface area contributed by atoms with Gasteiger partial charge in [-0.05, 0) is 25.1 Å². The van der Waals surface area contributed by atoms with Crippen LogP contribution in [0.4, 0.5) is 4.39 Å². The van der Waals surface area contributed by atoms with Crippen LogP contribution in [0.1, 0.15) is 17.3 Å². The molecule has 0 amide bonds. The Morgan fingerprint density at radius 3 is 2.85 bits per heavy atom. The number of hydrogen-bond donors (Lipinski definition) is 1. The molecule has 0 N–H and O–H groups in total. The molecule has 0 heterocycles. The maximum atomic E-state index is 13.1. The smallest absolute Gasteiger partial charge is 0.341 e. The highest BCUT2D eigenvalue weighted by atomic mass is 32.1. The molecule has 0 fully saturated rings. The Morgan fingerprint density at radius 1 is 1.62 bits per heavy atom. The number of carbonyl (C=O) groups is 1. The van der Waals surface area contributed by atoms with Gasteiger partial charge in [-0.2, -0.15) is 0 Å². The highest BCUT2D eigenvalue weighted by molar-refractivity contribution is 7.80. The molecule has 0 aliphatic rings. The number of halogens is 1. The Kier molecular flexibility index (Phi) is 3.31. The predicted molar refractivity (Wildman–Crippen MR) is 49.6 cm³/mol. The van der Waals surface area contributed by atoms with E-state index in [-0.39, 0.29) is 12.2 Å². The van der Waals surface area contributed by atoms with Crippen LogP contribution in [0.2, 0.25) is 0 Å². The molecule has 0 aliphatic carbocycles. The summed E-state index contributed by atoms with van der Waals surface area (Å²) >= 11 is 3.93. The third-order valence-corrected chi connectivity index (χ3v) is 1.73. The molecule has 0 aromatic heterocycles. The van der Waals surface area contributed by atoms with Crippen LogP contribution >= 0.6 is 12.6 Å². The zero-order chi connectivity index (χ0) is 9.84. The molecule has 0 saturated carbocycles. The van der Waals surface area contributed by atoms with Gasteiger partial charge in [-0.1, -0.05) is 0 Å². The van der Waals surface area contributed by atoms with Crippen molar-refractivity contribution >= 4 is 18.6 Å². The second kappa shape index (κ2) is 4.28. The van der Waals surface area contributed by atoms with Crippen molar-refractivity contribution in [2.45, 2.75) is 11.8 Å². The molecule has 0 saturated heterocycles. The van der Waals surface area contributed by atoms with Gasteiger partial charge in [0.25, 0.3) is 0 Å². The van der Waals surface area contributed by atoms with Crippen molar-refractivity contribution in [3.63, 3.8) is 0 Å². The molecule has 13 heavy (non-hydrogen) atoms. The van der Waals surface area contributed by atoms with Crippen molar-refractivity contribution in [2.75, 3.05) is 6.61 Å². The van der Waals surface area contributed by atoms with Crippen molar-refractivity contribution in [1.82, 2.24) is 0 Å². The first-order valence-corrected chi connectivity index (χ1v) is 4.25.